The second-order valence-electron chi connectivity index (χ2n) is 6.88. The predicted octanol–water partition coefficient (Wildman–Crippen LogP) is 2.20. The normalized spacial score (nSPS) is 23.9. The fourth-order valence-corrected chi connectivity index (χ4v) is 3.33. The van der Waals surface area contributed by atoms with Crippen molar-refractivity contribution in [3.63, 3.8) is 0 Å². The van der Waals surface area contributed by atoms with Crippen molar-refractivity contribution in [2.24, 2.45) is 16.9 Å². The van der Waals surface area contributed by atoms with Crippen LogP contribution in [0, 0.1) is 22.0 Å². The van der Waals surface area contributed by atoms with Crippen LogP contribution in [-0.2, 0) is 11.2 Å². The molecule has 2 heterocycles. The first-order chi connectivity index (χ1) is 13.0. The van der Waals surface area contributed by atoms with Gasteiger partial charge in [0.15, 0.2) is 5.03 Å². The zero-order valence-electron chi connectivity index (χ0n) is 15.5. The molecule has 1 aromatic rings. The van der Waals surface area contributed by atoms with Gasteiger partial charge in [0.05, 0.1) is 13.2 Å². The van der Waals surface area contributed by atoms with Crippen molar-refractivity contribution >= 4 is 12.1 Å². The van der Waals surface area contributed by atoms with Crippen LogP contribution < -0.4 is 4.74 Å². The minimum atomic E-state index is -0.778. The largest absolute Gasteiger partial charge is 0.422 e. The van der Waals surface area contributed by atoms with Crippen LogP contribution in [0.25, 0.3) is 0 Å². The van der Waals surface area contributed by atoms with Crippen LogP contribution in [0.1, 0.15) is 19.4 Å². The summed E-state index contributed by atoms with van der Waals surface area (Å²) in [5, 5.41) is 13.7. The highest BCUT2D eigenvalue weighted by atomic mass is 16.7. The van der Waals surface area contributed by atoms with Crippen LogP contribution in [0.2, 0.25) is 0 Å². The van der Waals surface area contributed by atoms with Crippen LogP contribution in [0.5, 0.6) is 5.75 Å². The van der Waals surface area contributed by atoms with Crippen molar-refractivity contribution in [2.45, 2.75) is 20.3 Å². The Morgan fingerprint density at radius 3 is 2.89 bits per heavy atom. The Morgan fingerprint density at radius 1 is 1.41 bits per heavy atom. The van der Waals surface area contributed by atoms with Gasteiger partial charge in [0.25, 0.3) is 5.96 Å². The highest BCUT2D eigenvalue weighted by molar-refractivity contribution is 5.96. The third kappa shape index (κ3) is 4.54. The lowest BCUT2D eigenvalue weighted by molar-refractivity contribution is -0.486. The van der Waals surface area contributed by atoms with Gasteiger partial charge in [-0.2, -0.15) is 0 Å². The molecule has 2 aliphatic rings. The van der Waals surface area contributed by atoms with Gasteiger partial charge in [0.2, 0.25) is 0 Å². The van der Waals surface area contributed by atoms with Gasteiger partial charge in [-0.15, -0.1) is 0 Å². The number of nitro groups is 1. The molecule has 0 aliphatic carbocycles. The maximum atomic E-state index is 12.6. The Kier molecular flexibility index (Phi) is 5.90. The van der Waals surface area contributed by atoms with Crippen LogP contribution in [0.15, 0.2) is 29.4 Å². The Bertz CT molecular complexity index is 738. The molecule has 1 aromatic carbocycles. The number of nitrogens with zero attached hydrogens (tertiary/aromatic N) is 4. The number of hydrogen-bond acceptors (Lipinski definition) is 5. The van der Waals surface area contributed by atoms with Gasteiger partial charge in [-0.3, -0.25) is 0 Å². The lowest BCUT2D eigenvalue weighted by Gasteiger charge is -2.23. The molecule has 2 unspecified atom stereocenters. The second-order valence-corrected chi connectivity index (χ2v) is 6.88. The molecule has 2 atom stereocenters. The SMILES string of the molecule is CCc1cccc(OC(=O)N2CCN(CC3COCC3C)C2=N[N+](=O)[O-])c1. The molecule has 3 rings (SSSR count). The second kappa shape index (κ2) is 8.34. The third-order valence-electron chi connectivity index (χ3n) is 4.99. The number of amides is 1. The number of aryl methyl sites for hydroxylation is 1. The summed E-state index contributed by atoms with van der Waals surface area (Å²) in [5.41, 5.74) is 1.04. The molecule has 27 heavy (non-hydrogen) atoms. The zero-order chi connectivity index (χ0) is 19.4. The molecule has 0 aromatic heterocycles. The van der Waals surface area contributed by atoms with E-state index < -0.39 is 11.1 Å². The Morgan fingerprint density at radius 2 is 2.22 bits per heavy atom. The van der Waals surface area contributed by atoms with Gasteiger partial charge in [-0.25, -0.2) is 19.8 Å². The van der Waals surface area contributed by atoms with Crippen LogP contribution >= 0.6 is 0 Å². The summed E-state index contributed by atoms with van der Waals surface area (Å²) in [4.78, 5) is 26.6. The number of rotatable bonds is 5. The molecule has 9 heteroatoms. The maximum Gasteiger partial charge on any atom is 0.422 e. The molecule has 146 valence electrons. The Labute approximate surface area is 157 Å². The first-order valence-corrected chi connectivity index (χ1v) is 9.12. The van der Waals surface area contributed by atoms with Crippen molar-refractivity contribution in [3.8, 4) is 5.75 Å². The van der Waals surface area contributed by atoms with E-state index in [1.54, 1.807) is 17.0 Å². The molecule has 1 amide bonds. The van der Waals surface area contributed by atoms with Crippen molar-refractivity contribution in [1.29, 1.82) is 0 Å². The van der Waals surface area contributed by atoms with E-state index in [0.717, 1.165) is 12.0 Å². The molecule has 0 radical (unpaired) electrons. The Hall–Kier alpha value is -2.68. The van der Waals surface area contributed by atoms with Crippen molar-refractivity contribution in [3.05, 3.63) is 39.9 Å². The van der Waals surface area contributed by atoms with E-state index in [9.17, 15) is 14.9 Å². The van der Waals surface area contributed by atoms with Gasteiger partial charge in [-0.05, 0) is 30.0 Å². The molecule has 2 saturated heterocycles. The van der Waals surface area contributed by atoms with Crippen molar-refractivity contribution in [1.82, 2.24) is 9.80 Å². The number of ether oxygens (including phenoxy) is 2. The van der Waals surface area contributed by atoms with E-state index in [1.807, 2.05) is 19.1 Å². The Balaban J connectivity index is 1.73. The molecule has 0 spiro atoms. The van der Waals surface area contributed by atoms with Gasteiger partial charge >= 0.3 is 6.09 Å². The van der Waals surface area contributed by atoms with E-state index in [1.165, 1.54) is 4.90 Å². The summed E-state index contributed by atoms with van der Waals surface area (Å²) < 4.78 is 10.9. The fraction of sp³-hybridized carbons (Fsp3) is 0.556. The van der Waals surface area contributed by atoms with Gasteiger partial charge in [0, 0.05) is 25.6 Å². The number of carbonyl (C=O) groups excluding carboxylic acids is 1. The number of hydrazone groups is 1. The highest BCUT2D eigenvalue weighted by Crippen LogP contribution is 2.24. The summed E-state index contributed by atoms with van der Waals surface area (Å²) in [6, 6.07) is 7.23. The minimum absolute atomic E-state index is 0.0238. The average Bonchev–Trinajstić information content (AvgIpc) is 3.22. The standard InChI is InChI=1S/C18H24N4O5/c1-3-14-5-4-6-16(9-14)27-18(23)21-8-7-20(17(21)19-22(24)25)10-15-12-26-11-13(15)2/h4-6,9,13,15H,3,7-8,10-12H2,1-2H3. The van der Waals surface area contributed by atoms with E-state index in [-0.39, 0.29) is 11.9 Å². The summed E-state index contributed by atoms with van der Waals surface area (Å²) >= 11 is 0. The van der Waals surface area contributed by atoms with E-state index in [4.69, 9.17) is 9.47 Å². The molecule has 0 N–H and O–H groups in total. The molecular formula is C18H24N4O5. The van der Waals surface area contributed by atoms with Gasteiger partial charge in [-0.1, -0.05) is 26.0 Å². The summed E-state index contributed by atoms with van der Waals surface area (Å²) in [7, 11) is 0. The van der Waals surface area contributed by atoms with Crippen LogP contribution in [-0.4, -0.2) is 59.7 Å². The monoisotopic (exact) mass is 376 g/mol. The lowest BCUT2D eigenvalue weighted by Crippen LogP contribution is -2.42. The first kappa shape index (κ1) is 19.1. The quantitative estimate of drug-likeness (QED) is 0.577. The molecule has 2 aliphatic heterocycles. The minimum Gasteiger partial charge on any atom is -0.410 e. The van der Waals surface area contributed by atoms with E-state index >= 15 is 0 Å². The van der Waals surface area contributed by atoms with Crippen molar-refractivity contribution < 1.29 is 19.3 Å². The number of benzene rings is 1. The molecule has 0 bridgehead atoms. The van der Waals surface area contributed by atoms with E-state index in [0.29, 0.717) is 44.5 Å². The third-order valence-corrected chi connectivity index (χ3v) is 4.99. The first-order valence-electron chi connectivity index (χ1n) is 9.12. The summed E-state index contributed by atoms with van der Waals surface area (Å²) in [6.45, 7) is 6.71. The number of carbonyl (C=O) groups is 1. The summed E-state index contributed by atoms with van der Waals surface area (Å²) in [6.07, 6.45) is 0.153. The van der Waals surface area contributed by atoms with E-state index in [2.05, 4.69) is 12.0 Å². The molecule has 9 nitrogen and oxygen atoms in total. The smallest absolute Gasteiger partial charge is 0.410 e. The maximum absolute atomic E-state index is 12.6. The molecular weight excluding hydrogens is 352 g/mol. The average molecular weight is 376 g/mol. The lowest BCUT2D eigenvalue weighted by atomic mass is 9.98. The number of guanidine groups is 1. The van der Waals surface area contributed by atoms with Gasteiger partial charge in [0.1, 0.15) is 10.9 Å². The van der Waals surface area contributed by atoms with Crippen LogP contribution in [0.4, 0.5) is 4.79 Å². The van der Waals surface area contributed by atoms with Crippen molar-refractivity contribution in [2.75, 3.05) is 32.8 Å². The highest BCUT2D eigenvalue weighted by Gasteiger charge is 2.38. The van der Waals surface area contributed by atoms with Gasteiger partial charge < -0.3 is 14.4 Å². The predicted molar refractivity (Wildman–Crippen MR) is 98.0 cm³/mol. The molecule has 2 fully saturated rings. The summed E-state index contributed by atoms with van der Waals surface area (Å²) in [5.74, 6) is 1.05. The zero-order valence-corrected chi connectivity index (χ0v) is 15.5. The fourth-order valence-electron chi connectivity index (χ4n) is 3.33. The molecule has 0 saturated carbocycles. The van der Waals surface area contributed by atoms with Crippen LogP contribution in [0.3, 0.4) is 0 Å². The topological polar surface area (TPSA) is 97.5 Å². The number of hydrogen-bond donors (Lipinski definition) is 0.